The molecule has 0 amide bonds. The van der Waals surface area contributed by atoms with E-state index >= 15 is 0 Å². The molecule has 1 saturated heterocycles. The number of carbonyl (C=O) groups is 2. The van der Waals surface area contributed by atoms with E-state index in [1.54, 1.807) is 0 Å². The summed E-state index contributed by atoms with van der Waals surface area (Å²) in [5.41, 5.74) is 0.793. The molecule has 1 N–H and O–H groups in total. The van der Waals surface area contributed by atoms with Crippen molar-refractivity contribution in [1.82, 2.24) is 0 Å². The molecule has 5 nitrogen and oxygen atoms in total. The zero-order valence-electron chi connectivity index (χ0n) is 20.2. The van der Waals surface area contributed by atoms with Crippen LogP contribution < -0.4 is 0 Å². The summed E-state index contributed by atoms with van der Waals surface area (Å²) in [6.07, 6.45) is 10.7. The smallest absolute Gasteiger partial charge is 0.311 e. The van der Waals surface area contributed by atoms with E-state index in [0.717, 1.165) is 32.1 Å². The fraction of sp³-hybridized carbons (Fsp3) is 0.769. The van der Waals surface area contributed by atoms with Gasteiger partial charge in [-0.2, -0.15) is 0 Å². The van der Waals surface area contributed by atoms with Gasteiger partial charge in [0, 0.05) is 12.8 Å². The third kappa shape index (κ3) is 8.10. The van der Waals surface area contributed by atoms with Gasteiger partial charge in [-0.05, 0) is 62.9 Å². The lowest BCUT2D eigenvalue weighted by Gasteiger charge is -2.29. The fourth-order valence-corrected chi connectivity index (χ4v) is 4.15. The van der Waals surface area contributed by atoms with Gasteiger partial charge in [0.05, 0.1) is 17.9 Å². The maximum Gasteiger partial charge on any atom is 0.311 e. The van der Waals surface area contributed by atoms with Crippen molar-refractivity contribution >= 4 is 11.9 Å². The molecule has 1 aliphatic heterocycles. The minimum Gasteiger partial charge on any atom is -0.462 e. The van der Waals surface area contributed by atoms with Crippen LogP contribution in [0.5, 0.6) is 0 Å². The van der Waals surface area contributed by atoms with Gasteiger partial charge >= 0.3 is 11.9 Å². The van der Waals surface area contributed by atoms with Crippen LogP contribution >= 0.6 is 0 Å². The number of aliphatic hydroxyl groups is 1. The Kier molecular flexibility index (Phi) is 9.35. The zero-order valence-corrected chi connectivity index (χ0v) is 20.2. The number of ether oxygens (including phenoxy) is 2. The van der Waals surface area contributed by atoms with E-state index in [9.17, 15) is 14.7 Å². The number of allylic oxidation sites excluding steroid dienone is 3. The molecule has 1 fully saturated rings. The summed E-state index contributed by atoms with van der Waals surface area (Å²) in [5, 5.41) is 9.76. The number of rotatable bonds is 9. The van der Waals surface area contributed by atoms with Gasteiger partial charge in [-0.15, -0.1) is 0 Å². The molecule has 0 radical (unpaired) electrons. The number of hydrogen-bond acceptors (Lipinski definition) is 5. The Balaban J connectivity index is 1.85. The van der Waals surface area contributed by atoms with Gasteiger partial charge in [0.2, 0.25) is 0 Å². The predicted molar refractivity (Wildman–Crippen MR) is 122 cm³/mol. The molecule has 0 saturated carbocycles. The second kappa shape index (κ2) is 11.3. The van der Waals surface area contributed by atoms with Gasteiger partial charge < -0.3 is 14.6 Å². The Morgan fingerprint density at radius 1 is 1.32 bits per heavy atom. The molecule has 0 aromatic carbocycles. The molecule has 0 bridgehead atoms. The third-order valence-electron chi connectivity index (χ3n) is 7.00. The summed E-state index contributed by atoms with van der Waals surface area (Å²) in [4.78, 5) is 24.0. The highest BCUT2D eigenvalue weighted by atomic mass is 16.5. The third-order valence-corrected chi connectivity index (χ3v) is 7.00. The van der Waals surface area contributed by atoms with Crippen LogP contribution in [0.3, 0.4) is 0 Å². The SMILES string of the molecule is CCC(C)(C)C(=O)O[C@@H]1CC(/C=C\[C@H](C)C(C)CC[C@@H]2C[C@@H](O)CC(=O)O2)=C[C@H](C)C1. The lowest BCUT2D eigenvalue weighted by atomic mass is 9.86. The molecule has 176 valence electrons. The second-order valence-corrected chi connectivity index (χ2v) is 10.4. The molecule has 1 aliphatic carbocycles. The molecule has 0 aromatic rings. The van der Waals surface area contributed by atoms with Crippen molar-refractivity contribution in [2.75, 3.05) is 0 Å². The molecule has 1 unspecified atom stereocenters. The molecule has 0 spiro atoms. The zero-order chi connectivity index (χ0) is 23.2. The highest BCUT2D eigenvalue weighted by Crippen LogP contribution is 2.31. The van der Waals surface area contributed by atoms with Crippen LogP contribution in [0.4, 0.5) is 0 Å². The Bertz CT molecular complexity index is 677. The van der Waals surface area contributed by atoms with Crippen LogP contribution in [0.25, 0.3) is 0 Å². The van der Waals surface area contributed by atoms with E-state index in [1.807, 2.05) is 20.8 Å². The quantitative estimate of drug-likeness (QED) is 0.494. The van der Waals surface area contributed by atoms with Crippen LogP contribution in [0.1, 0.15) is 86.5 Å². The number of hydrogen-bond donors (Lipinski definition) is 1. The summed E-state index contributed by atoms with van der Waals surface area (Å²) in [7, 11) is 0. The molecule has 2 aliphatic rings. The highest BCUT2D eigenvalue weighted by molar-refractivity contribution is 5.76. The minimum atomic E-state index is -0.566. The Morgan fingerprint density at radius 2 is 2.03 bits per heavy atom. The van der Waals surface area contributed by atoms with Crippen molar-refractivity contribution in [3.63, 3.8) is 0 Å². The first kappa shape index (κ1) is 25.6. The summed E-state index contributed by atoms with van der Waals surface area (Å²) in [6, 6.07) is 0. The van der Waals surface area contributed by atoms with Crippen molar-refractivity contribution in [1.29, 1.82) is 0 Å². The van der Waals surface area contributed by atoms with Crippen molar-refractivity contribution in [3.8, 4) is 0 Å². The highest BCUT2D eigenvalue weighted by Gasteiger charge is 2.31. The Labute approximate surface area is 188 Å². The lowest BCUT2D eigenvalue weighted by molar-refractivity contribution is -0.161. The predicted octanol–water partition coefficient (Wildman–Crippen LogP) is 5.37. The van der Waals surface area contributed by atoms with E-state index in [0.29, 0.717) is 24.2 Å². The first-order chi connectivity index (χ1) is 14.5. The molecule has 1 heterocycles. The summed E-state index contributed by atoms with van der Waals surface area (Å²) in [5.74, 6) is 0.807. The van der Waals surface area contributed by atoms with Gasteiger partial charge in [0.15, 0.2) is 0 Å². The van der Waals surface area contributed by atoms with Gasteiger partial charge in [0.1, 0.15) is 12.2 Å². The average molecular weight is 435 g/mol. The van der Waals surface area contributed by atoms with Crippen LogP contribution in [0.15, 0.2) is 23.8 Å². The maximum absolute atomic E-state index is 12.5. The van der Waals surface area contributed by atoms with E-state index in [-0.39, 0.29) is 30.6 Å². The Morgan fingerprint density at radius 3 is 2.68 bits per heavy atom. The topological polar surface area (TPSA) is 72.8 Å². The van der Waals surface area contributed by atoms with Crippen molar-refractivity contribution in [3.05, 3.63) is 23.8 Å². The second-order valence-electron chi connectivity index (χ2n) is 10.4. The summed E-state index contributed by atoms with van der Waals surface area (Å²) < 4.78 is 11.2. The van der Waals surface area contributed by atoms with Crippen LogP contribution in [0, 0.1) is 23.2 Å². The van der Waals surface area contributed by atoms with Crippen molar-refractivity contribution in [2.45, 2.75) is 105 Å². The minimum absolute atomic E-state index is 0.0573. The van der Waals surface area contributed by atoms with Gasteiger partial charge in [-0.25, -0.2) is 0 Å². The Hall–Kier alpha value is -1.62. The normalized spacial score (nSPS) is 29.3. The molecule has 5 heteroatoms. The molecular weight excluding hydrogens is 392 g/mol. The number of carbonyl (C=O) groups excluding carboxylic acids is 2. The average Bonchev–Trinajstić information content (AvgIpc) is 2.69. The maximum atomic E-state index is 12.5. The van der Waals surface area contributed by atoms with E-state index in [1.165, 1.54) is 5.57 Å². The van der Waals surface area contributed by atoms with E-state index in [4.69, 9.17) is 9.47 Å². The van der Waals surface area contributed by atoms with Crippen molar-refractivity contribution in [2.24, 2.45) is 23.2 Å². The first-order valence-corrected chi connectivity index (χ1v) is 12.0. The summed E-state index contributed by atoms with van der Waals surface area (Å²) >= 11 is 0. The van der Waals surface area contributed by atoms with Gasteiger partial charge in [0.25, 0.3) is 0 Å². The van der Waals surface area contributed by atoms with E-state index < -0.39 is 11.5 Å². The number of cyclic esters (lactones) is 1. The van der Waals surface area contributed by atoms with E-state index in [2.05, 4.69) is 39.0 Å². The molecule has 0 aromatic heterocycles. The fourth-order valence-electron chi connectivity index (χ4n) is 4.15. The molecule has 2 rings (SSSR count). The summed E-state index contributed by atoms with van der Waals surface area (Å²) in [6.45, 7) is 12.5. The lowest BCUT2D eigenvalue weighted by Crippen LogP contribution is -2.32. The van der Waals surface area contributed by atoms with Gasteiger partial charge in [-0.1, -0.05) is 45.9 Å². The number of esters is 2. The van der Waals surface area contributed by atoms with Crippen LogP contribution in [-0.4, -0.2) is 35.4 Å². The first-order valence-electron chi connectivity index (χ1n) is 12.0. The van der Waals surface area contributed by atoms with Gasteiger partial charge in [-0.3, -0.25) is 9.59 Å². The van der Waals surface area contributed by atoms with Crippen LogP contribution in [-0.2, 0) is 19.1 Å². The molecule has 6 atom stereocenters. The molecular formula is C26H42O5. The number of aliphatic hydroxyl groups excluding tert-OH is 1. The molecule has 31 heavy (non-hydrogen) atoms. The largest absolute Gasteiger partial charge is 0.462 e. The van der Waals surface area contributed by atoms with Crippen molar-refractivity contribution < 1.29 is 24.2 Å². The monoisotopic (exact) mass is 434 g/mol. The van der Waals surface area contributed by atoms with Crippen LogP contribution in [0.2, 0.25) is 0 Å². The standard InChI is InChI=1S/C26H42O5/c1-7-26(5,6)25(29)31-23-13-17(2)12-20(14-23)10-8-18(3)19(4)9-11-22-15-21(27)16-24(28)30-22/h8,10,12,17-19,21-23,27H,7,9,11,13-16H2,1-6H3/b10-8-/t17-,18-,19?,21+,22+,23-/m0/s1.